The smallest absolute Gasteiger partial charge is 0.260 e. The predicted molar refractivity (Wildman–Crippen MR) is 78.6 cm³/mol. The molecule has 0 radical (unpaired) electrons. The van der Waals surface area contributed by atoms with Gasteiger partial charge in [0.2, 0.25) is 0 Å². The summed E-state index contributed by atoms with van der Waals surface area (Å²) in [6.07, 6.45) is 2.74. The van der Waals surface area contributed by atoms with Gasteiger partial charge in [-0.25, -0.2) is 4.98 Å². The fourth-order valence-electron chi connectivity index (χ4n) is 1.42. The van der Waals surface area contributed by atoms with Crippen LogP contribution in [0.3, 0.4) is 0 Å². The molecule has 1 aromatic carbocycles. The Morgan fingerprint density at radius 1 is 1.35 bits per heavy atom. The minimum absolute atomic E-state index is 0.0341. The molecule has 0 spiro atoms. The number of hydrazone groups is 1. The fraction of sp³-hybridized carbons (Fsp3) is 0. The number of nitrogens with zero attached hydrogens (tertiary/aromatic N) is 3. The SMILES string of the molecule is O=[N+]([O-])c1ccccc1C=NNc1ncc(Cl)cc1Cl. The van der Waals surface area contributed by atoms with Crippen molar-refractivity contribution in [3.8, 4) is 0 Å². The van der Waals surface area contributed by atoms with Crippen molar-refractivity contribution in [3.63, 3.8) is 0 Å². The largest absolute Gasteiger partial charge is 0.278 e. The molecule has 0 bridgehead atoms. The third kappa shape index (κ3) is 3.43. The van der Waals surface area contributed by atoms with Crippen LogP contribution < -0.4 is 5.43 Å². The number of nitrogens with one attached hydrogen (secondary N) is 1. The normalized spacial score (nSPS) is 10.7. The summed E-state index contributed by atoms with van der Waals surface area (Å²) in [5.41, 5.74) is 2.94. The van der Waals surface area contributed by atoms with Crippen molar-refractivity contribution in [2.45, 2.75) is 0 Å². The number of pyridine rings is 1. The molecule has 1 heterocycles. The summed E-state index contributed by atoms with van der Waals surface area (Å²) in [6.45, 7) is 0. The van der Waals surface area contributed by atoms with Gasteiger partial charge in [0.25, 0.3) is 5.69 Å². The Morgan fingerprint density at radius 3 is 2.80 bits per heavy atom. The quantitative estimate of drug-likeness (QED) is 0.530. The zero-order valence-electron chi connectivity index (χ0n) is 9.96. The number of halogens is 2. The first-order valence-corrected chi connectivity index (χ1v) is 6.17. The Labute approximate surface area is 124 Å². The molecule has 20 heavy (non-hydrogen) atoms. The second-order valence-electron chi connectivity index (χ2n) is 3.67. The molecule has 0 aliphatic rings. The number of aromatic nitrogens is 1. The van der Waals surface area contributed by atoms with E-state index in [1.54, 1.807) is 18.2 Å². The van der Waals surface area contributed by atoms with Crippen LogP contribution in [0.1, 0.15) is 5.56 Å². The second-order valence-corrected chi connectivity index (χ2v) is 4.51. The number of hydrogen-bond donors (Lipinski definition) is 1. The zero-order chi connectivity index (χ0) is 14.5. The van der Waals surface area contributed by atoms with E-state index in [4.69, 9.17) is 23.2 Å². The average molecular weight is 311 g/mol. The van der Waals surface area contributed by atoms with Crippen LogP contribution in [0.2, 0.25) is 10.0 Å². The number of hydrogen-bond acceptors (Lipinski definition) is 5. The molecule has 8 heteroatoms. The van der Waals surface area contributed by atoms with Crippen molar-refractivity contribution in [2.75, 3.05) is 5.43 Å². The minimum atomic E-state index is -0.477. The van der Waals surface area contributed by atoms with E-state index in [1.165, 1.54) is 24.5 Å². The van der Waals surface area contributed by atoms with Crippen molar-refractivity contribution in [1.29, 1.82) is 0 Å². The van der Waals surface area contributed by atoms with Crippen molar-refractivity contribution in [2.24, 2.45) is 5.10 Å². The third-order valence-corrected chi connectivity index (χ3v) is 2.81. The van der Waals surface area contributed by atoms with Crippen molar-refractivity contribution in [1.82, 2.24) is 4.98 Å². The molecule has 0 amide bonds. The summed E-state index contributed by atoms with van der Waals surface area (Å²) in [5.74, 6) is 0.311. The maximum atomic E-state index is 10.8. The van der Waals surface area contributed by atoms with E-state index < -0.39 is 4.92 Å². The van der Waals surface area contributed by atoms with Gasteiger partial charge in [-0.2, -0.15) is 5.10 Å². The fourth-order valence-corrected chi connectivity index (χ4v) is 1.85. The number of para-hydroxylation sites is 1. The lowest BCUT2D eigenvalue weighted by Crippen LogP contribution is -1.97. The Bertz CT molecular complexity index is 676. The van der Waals surface area contributed by atoms with Crippen LogP contribution in [0.25, 0.3) is 0 Å². The van der Waals surface area contributed by atoms with Gasteiger partial charge in [0.1, 0.15) is 0 Å². The molecule has 2 aromatic rings. The second kappa shape index (κ2) is 6.31. The molecule has 0 aliphatic carbocycles. The molecule has 0 aliphatic heterocycles. The van der Waals surface area contributed by atoms with Crippen molar-refractivity contribution >= 4 is 40.9 Å². The molecule has 0 saturated heterocycles. The van der Waals surface area contributed by atoms with Crippen molar-refractivity contribution < 1.29 is 4.92 Å². The first-order chi connectivity index (χ1) is 9.58. The molecular weight excluding hydrogens is 303 g/mol. The molecule has 6 nitrogen and oxygen atoms in total. The van der Waals surface area contributed by atoms with Crippen LogP contribution in [0.15, 0.2) is 41.6 Å². The highest BCUT2D eigenvalue weighted by Gasteiger charge is 2.10. The van der Waals surface area contributed by atoms with Gasteiger partial charge in [-0.1, -0.05) is 35.3 Å². The molecule has 102 valence electrons. The van der Waals surface area contributed by atoms with Gasteiger partial charge in [-0.05, 0) is 12.1 Å². The summed E-state index contributed by atoms with van der Waals surface area (Å²) < 4.78 is 0. The highest BCUT2D eigenvalue weighted by atomic mass is 35.5. The van der Waals surface area contributed by atoms with Gasteiger partial charge in [-0.3, -0.25) is 15.5 Å². The van der Waals surface area contributed by atoms with E-state index in [1.807, 2.05) is 0 Å². The lowest BCUT2D eigenvalue weighted by molar-refractivity contribution is -0.385. The summed E-state index contributed by atoms with van der Waals surface area (Å²) in [5, 5.41) is 15.4. The third-order valence-electron chi connectivity index (χ3n) is 2.32. The number of nitro groups is 1. The van der Waals surface area contributed by atoms with Gasteiger partial charge < -0.3 is 0 Å². The summed E-state index contributed by atoms with van der Waals surface area (Å²) in [4.78, 5) is 14.3. The van der Waals surface area contributed by atoms with E-state index >= 15 is 0 Å². The van der Waals surface area contributed by atoms with E-state index in [2.05, 4.69) is 15.5 Å². The molecule has 1 aromatic heterocycles. The number of rotatable bonds is 4. The predicted octanol–water partition coefficient (Wildman–Crippen LogP) is 3.74. The first kappa shape index (κ1) is 14.2. The number of benzene rings is 1. The summed E-state index contributed by atoms with van der Waals surface area (Å²) in [7, 11) is 0. The monoisotopic (exact) mass is 310 g/mol. The van der Waals surface area contributed by atoms with E-state index in [0.29, 0.717) is 21.4 Å². The van der Waals surface area contributed by atoms with E-state index in [-0.39, 0.29) is 5.69 Å². The number of nitro benzene ring substituents is 1. The molecule has 0 unspecified atom stereocenters. The Balaban J connectivity index is 2.16. The van der Waals surface area contributed by atoms with Crippen LogP contribution in [0.4, 0.5) is 11.5 Å². The Hall–Kier alpha value is -2.18. The van der Waals surface area contributed by atoms with Gasteiger partial charge in [0.15, 0.2) is 5.82 Å². The summed E-state index contributed by atoms with van der Waals surface area (Å²) >= 11 is 11.6. The van der Waals surface area contributed by atoms with Crippen molar-refractivity contribution in [3.05, 3.63) is 62.3 Å². The minimum Gasteiger partial charge on any atom is -0.260 e. The first-order valence-electron chi connectivity index (χ1n) is 5.41. The van der Waals surface area contributed by atoms with Crippen LogP contribution in [0, 0.1) is 10.1 Å². The van der Waals surface area contributed by atoms with Crippen LogP contribution >= 0.6 is 23.2 Å². The van der Waals surface area contributed by atoms with Gasteiger partial charge in [-0.15, -0.1) is 0 Å². The van der Waals surface area contributed by atoms with Crippen LogP contribution in [-0.4, -0.2) is 16.1 Å². The lowest BCUT2D eigenvalue weighted by atomic mass is 10.2. The highest BCUT2D eigenvalue weighted by molar-refractivity contribution is 6.35. The highest BCUT2D eigenvalue weighted by Crippen LogP contribution is 2.22. The molecular formula is C12H8Cl2N4O2. The van der Waals surface area contributed by atoms with Crippen LogP contribution in [0.5, 0.6) is 0 Å². The molecule has 2 rings (SSSR count). The molecule has 0 saturated carbocycles. The Morgan fingerprint density at radius 2 is 2.10 bits per heavy atom. The van der Waals surface area contributed by atoms with Gasteiger partial charge >= 0.3 is 0 Å². The summed E-state index contributed by atoms with van der Waals surface area (Å²) in [6, 6.07) is 7.76. The van der Waals surface area contributed by atoms with Crippen LogP contribution in [-0.2, 0) is 0 Å². The van der Waals surface area contributed by atoms with E-state index in [0.717, 1.165) is 0 Å². The topological polar surface area (TPSA) is 80.4 Å². The van der Waals surface area contributed by atoms with Gasteiger partial charge in [0, 0.05) is 12.3 Å². The van der Waals surface area contributed by atoms with E-state index in [9.17, 15) is 10.1 Å². The maximum Gasteiger partial charge on any atom is 0.278 e. The standard InChI is InChI=1S/C12H8Cl2N4O2/c13-9-5-10(14)12(15-7-9)17-16-6-8-3-1-2-4-11(8)18(19)20/h1-7H,(H,15,17). The molecule has 1 N–H and O–H groups in total. The molecule has 0 fully saturated rings. The Kier molecular flexibility index (Phi) is 4.49. The van der Waals surface area contributed by atoms with Gasteiger partial charge in [0.05, 0.1) is 26.7 Å². The molecule has 0 atom stereocenters. The maximum absolute atomic E-state index is 10.8. The lowest BCUT2D eigenvalue weighted by Gasteiger charge is -2.02. The number of anilines is 1. The zero-order valence-corrected chi connectivity index (χ0v) is 11.5. The average Bonchev–Trinajstić information content (AvgIpc) is 2.41.